The number of hydrogen-bond donors (Lipinski definition) is 4. The van der Waals surface area contributed by atoms with Gasteiger partial charge in [-0.25, -0.2) is 14.3 Å². The molecule has 0 saturated heterocycles. The Labute approximate surface area is 216 Å². The zero-order valence-corrected chi connectivity index (χ0v) is 20.4. The van der Waals surface area contributed by atoms with Crippen molar-refractivity contribution in [3.8, 4) is 0 Å². The first-order chi connectivity index (χ1) is 18.3. The molecule has 0 saturated carbocycles. The number of nitrogens with one attached hydrogen (secondary N) is 3. The van der Waals surface area contributed by atoms with Gasteiger partial charge in [-0.2, -0.15) is 5.10 Å². The monoisotopic (exact) mass is 516 g/mol. The van der Waals surface area contributed by atoms with Crippen LogP contribution in [0, 0.1) is 5.92 Å². The lowest BCUT2D eigenvalue weighted by Gasteiger charge is -2.28. The number of hydrogen-bond acceptors (Lipinski definition) is 7. The van der Waals surface area contributed by atoms with Crippen molar-refractivity contribution in [2.75, 3.05) is 13.2 Å². The van der Waals surface area contributed by atoms with E-state index < -0.39 is 17.8 Å². The summed E-state index contributed by atoms with van der Waals surface area (Å²) in [5, 5.41) is 21.6. The van der Waals surface area contributed by atoms with E-state index in [1.54, 1.807) is 18.2 Å². The van der Waals surface area contributed by atoms with Gasteiger partial charge in [0.2, 0.25) is 0 Å². The lowest BCUT2D eigenvalue weighted by Crippen LogP contribution is -2.36. The summed E-state index contributed by atoms with van der Waals surface area (Å²) in [5.74, 6) is -1.37. The third-order valence-corrected chi connectivity index (χ3v) is 6.34. The van der Waals surface area contributed by atoms with Crippen LogP contribution in [0.1, 0.15) is 50.2 Å². The van der Waals surface area contributed by atoms with Crippen LogP contribution in [0.2, 0.25) is 0 Å². The Morgan fingerprint density at radius 1 is 1.13 bits per heavy atom. The number of aromatic carboxylic acids is 1. The standard InChI is InChI=1S/C26H24N6O6/c1-14-8-21-18(31-23(33)13-38-21)9-17(14)12-28-24(34)19-10-20(32-22(30-19)6-7-29-32)25(35)27-11-15-2-4-16(5-3-15)26(36)37/h2-7,9-10,14H,8,11-13H2,1H3,(H,27,35)(H,28,34)(H,31,33)(H,36,37). The Balaban J connectivity index is 1.29. The quantitative estimate of drug-likeness (QED) is 0.366. The van der Waals surface area contributed by atoms with Crippen LogP contribution in [0.3, 0.4) is 0 Å². The molecule has 12 nitrogen and oxygen atoms in total. The molecule has 1 aliphatic carbocycles. The van der Waals surface area contributed by atoms with Gasteiger partial charge in [0.05, 0.1) is 17.5 Å². The van der Waals surface area contributed by atoms with Crippen LogP contribution in [-0.4, -0.2) is 56.5 Å². The number of fused-ring (bicyclic) bond motifs is 1. The van der Waals surface area contributed by atoms with Gasteiger partial charge in [0.15, 0.2) is 12.3 Å². The van der Waals surface area contributed by atoms with Crippen molar-refractivity contribution in [1.82, 2.24) is 30.5 Å². The van der Waals surface area contributed by atoms with Crippen LogP contribution in [-0.2, 0) is 16.1 Å². The molecule has 0 bridgehead atoms. The molecule has 1 aromatic carbocycles. The Bertz CT molecular complexity index is 1520. The lowest BCUT2D eigenvalue weighted by molar-refractivity contribution is -0.125. The molecule has 1 aliphatic heterocycles. The molecule has 38 heavy (non-hydrogen) atoms. The van der Waals surface area contributed by atoms with Gasteiger partial charge in [0.1, 0.15) is 17.1 Å². The van der Waals surface area contributed by atoms with Crippen LogP contribution in [0.4, 0.5) is 0 Å². The summed E-state index contributed by atoms with van der Waals surface area (Å²) < 4.78 is 6.83. The number of rotatable bonds is 7. The number of nitrogens with zero attached hydrogens (tertiary/aromatic N) is 3. The smallest absolute Gasteiger partial charge is 0.335 e. The van der Waals surface area contributed by atoms with Crippen molar-refractivity contribution in [1.29, 1.82) is 0 Å². The molecule has 12 heteroatoms. The van der Waals surface area contributed by atoms with Gasteiger partial charge >= 0.3 is 5.97 Å². The van der Waals surface area contributed by atoms with E-state index in [9.17, 15) is 19.2 Å². The predicted octanol–water partition coefficient (Wildman–Crippen LogP) is 1.41. The van der Waals surface area contributed by atoms with Crippen molar-refractivity contribution >= 4 is 29.3 Å². The second kappa shape index (κ2) is 10.2. The Morgan fingerprint density at radius 3 is 2.66 bits per heavy atom. The van der Waals surface area contributed by atoms with Crippen molar-refractivity contribution in [2.24, 2.45) is 5.92 Å². The van der Waals surface area contributed by atoms with E-state index >= 15 is 0 Å². The Kier molecular flexibility index (Phi) is 6.60. The minimum atomic E-state index is -1.03. The average Bonchev–Trinajstić information content (AvgIpc) is 3.39. The molecule has 194 valence electrons. The number of carbonyl (C=O) groups excluding carboxylic acids is 3. The van der Waals surface area contributed by atoms with Gasteiger partial charge < -0.3 is 25.8 Å². The maximum absolute atomic E-state index is 13.0. The number of ether oxygens (including phenoxy) is 1. The fourth-order valence-corrected chi connectivity index (χ4v) is 4.24. The lowest BCUT2D eigenvalue weighted by atomic mass is 9.90. The molecule has 3 amide bonds. The van der Waals surface area contributed by atoms with Gasteiger partial charge in [-0.1, -0.05) is 19.1 Å². The second-order valence-corrected chi connectivity index (χ2v) is 8.99. The topological polar surface area (TPSA) is 164 Å². The summed E-state index contributed by atoms with van der Waals surface area (Å²) in [6, 6.07) is 9.10. The molecular formula is C26H24N6O6. The molecule has 1 unspecified atom stereocenters. The van der Waals surface area contributed by atoms with Crippen LogP contribution in [0.25, 0.3) is 5.65 Å². The number of carboxylic acid groups (broad SMARTS) is 1. The SMILES string of the molecule is CC1CC2=C(C=C1CNC(=O)c1cc(C(=O)NCc3ccc(C(=O)O)cc3)n3nccc3n1)NC(=O)CO2. The first-order valence-electron chi connectivity index (χ1n) is 11.9. The minimum Gasteiger partial charge on any atom is -0.486 e. The van der Waals surface area contributed by atoms with Gasteiger partial charge in [-0.3, -0.25) is 14.4 Å². The zero-order valence-electron chi connectivity index (χ0n) is 20.4. The number of aromatic nitrogens is 3. The van der Waals surface area contributed by atoms with Gasteiger partial charge in [-0.15, -0.1) is 0 Å². The summed E-state index contributed by atoms with van der Waals surface area (Å²) in [4.78, 5) is 53.0. The number of carboxylic acids is 1. The van der Waals surface area contributed by atoms with E-state index in [0.29, 0.717) is 23.3 Å². The highest BCUT2D eigenvalue weighted by atomic mass is 16.5. The highest BCUT2D eigenvalue weighted by Crippen LogP contribution is 2.30. The Hall–Kier alpha value is -5.00. The van der Waals surface area contributed by atoms with Crippen molar-refractivity contribution < 1.29 is 29.0 Å². The Morgan fingerprint density at radius 2 is 1.89 bits per heavy atom. The molecule has 2 aliphatic rings. The highest BCUT2D eigenvalue weighted by molar-refractivity contribution is 5.98. The molecule has 3 aromatic rings. The predicted molar refractivity (Wildman–Crippen MR) is 133 cm³/mol. The first-order valence-corrected chi connectivity index (χ1v) is 11.9. The highest BCUT2D eigenvalue weighted by Gasteiger charge is 2.26. The summed E-state index contributed by atoms with van der Waals surface area (Å²) >= 11 is 0. The summed E-state index contributed by atoms with van der Waals surface area (Å²) in [5.41, 5.74) is 2.88. The number of benzene rings is 1. The molecule has 0 radical (unpaired) electrons. The van der Waals surface area contributed by atoms with E-state index in [-0.39, 0.29) is 48.5 Å². The van der Waals surface area contributed by atoms with Gasteiger partial charge in [0, 0.05) is 31.6 Å². The van der Waals surface area contributed by atoms with Gasteiger partial charge in [0.25, 0.3) is 17.7 Å². The largest absolute Gasteiger partial charge is 0.486 e. The van der Waals surface area contributed by atoms with Crippen LogP contribution in [0.15, 0.2) is 65.7 Å². The second-order valence-electron chi connectivity index (χ2n) is 8.99. The zero-order chi connectivity index (χ0) is 26.8. The molecule has 2 aromatic heterocycles. The van der Waals surface area contributed by atoms with Crippen LogP contribution in [0.5, 0.6) is 0 Å². The molecule has 0 fully saturated rings. The number of carbonyl (C=O) groups is 4. The van der Waals surface area contributed by atoms with Crippen molar-refractivity contribution in [3.05, 3.63) is 88.2 Å². The maximum atomic E-state index is 13.0. The molecule has 1 atom stereocenters. The van der Waals surface area contributed by atoms with E-state index in [1.165, 1.54) is 28.9 Å². The fourth-order valence-electron chi connectivity index (χ4n) is 4.24. The van der Waals surface area contributed by atoms with E-state index in [0.717, 1.165) is 11.3 Å². The molecule has 4 N–H and O–H groups in total. The summed E-state index contributed by atoms with van der Waals surface area (Å²) in [7, 11) is 0. The number of amides is 3. The molecule has 5 rings (SSSR count). The molecular weight excluding hydrogens is 492 g/mol. The summed E-state index contributed by atoms with van der Waals surface area (Å²) in [6.07, 6.45) is 3.91. The minimum absolute atomic E-state index is 0.00111. The van der Waals surface area contributed by atoms with E-state index in [1.807, 2.05) is 13.0 Å². The molecule has 3 heterocycles. The molecule has 0 spiro atoms. The average molecular weight is 517 g/mol. The van der Waals surface area contributed by atoms with E-state index in [2.05, 4.69) is 26.0 Å². The van der Waals surface area contributed by atoms with Crippen molar-refractivity contribution in [3.63, 3.8) is 0 Å². The normalized spacial score (nSPS) is 16.7. The van der Waals surface area contributed by atoms with Crippen molar-refractivity contribution in [2.45, 2.75) is 19.9 Å². The van der Waals surface area contributed by atoms with Crippen LogP contribution >= 0.6 is 0 Å². The first kappa shape index (κ1) is 24.7. The summed E-state index contributed by atoms with van der Waals surface area (Å²) in [6.45, 7) is 2.39. The van der Waals surface area contributed by atoms with Gasteiger partial charge in [-0.05, 0) is 35.3 Å². The fraction of sp³-hybridized carbons (Fsp3) is 0.231. The number of allylic oxidation sites excluding steroid dienone is 2. The van der Waals surface area contributed by atoms with E-state index in [4.69, 9.17) is 9.84 Å². The van der Waals surface area contributed by atoms with Crippen LogP contribution < -0.4 is 16.0 Å². The third-order valence-electron chi connectivity index (χ3n) is 6.34. The third kappa shape index (κ3) is 5.09. The maximum Gasteiger partial charge on any atom is 0.335 e.